The molecule has 3 aromatic rings. The number of aliphatic hydroxyl groups is 1. The highest BCUT2D eigenvalue weighted by Gasteiger charge is 2.45. The zero-order valence-electron chi connectivity index (χ0n) is 17.8. The lowest BCUT2D eigenvalue weighted by atomic mass is 9.98. The number of furan rings is 1. The van der Waals surface area contributed by atoms with Crippen LogP contribution in [0.15, 0.2) is 51.5 Å². The molecule has 0 saturated carbocycles. The Morgan fingerprint density at radius 2 is 2.10 bits per heavy atom. The standard InChI is InChI=1S/C24H25NO5S/c1-4-5-6-11-25-19(23-14(2)10-12-31-23)18(21(27)24(25)28)20(26)17-13-15-8-7-9-16(29-3)22(15)30-17/h7-10,12-13,19,27H,4-6,11H2,1-3H3. The first-order valence-corrected chi connectivity index (χ1v) is 11.2. The quantitative estimate of drug-likeness (QED) is 0.366. The van der Waals surface area contributed by atoms with Crippen molar-refractivity contribution < 1.29 is 23.8 Å². The van der Waals surface area contributed by atoms with Crippen LogP contribution in [0, 0.1) is 6.92 Å². The number of aryl methyl sites for hydroxylation is 1. The molecule has 6 nitrogen and oxygen atoms in total. The Hall–Kier alpha value is -3.06. The van der Waals surface area contributed by atoms with E-state index in [1.165, 1.54) is 18.4 Å². The van der Waals surface area contributed by atoms with Crippen LogP contribution in [0.25, 0.3) is 11.0 Å². The number of benzene rings is 1. The summed E-state index contributed by atoms with van der Waals surface area (Å²) in [5.41, 5.74) is 1.51. The molecule has 1 amide bonds. The number of carbonyl (C=O) groups is 2. The van der Waals surface area contributed by atoms with Gasteiger partial charge in [-0.1, -0.05) is 31.9 Å². The van der Waals surface area contributed by atoms with Crippen LogP contribution in [-0.2, 0) is 4.79 Å². The highest BCUT2D eigenvalue weighted by atomic mass is 32.1. The SMILES string of the molecule is CCCCCN1C(=O)C(O)=C(C(=O)c2cc3cccc(OC)c3o2)C1c1sccc1C. The van der Waals surface area contributed by atoms with Gasteiger partial charge in [0.15, 0.2) is 22.9 Å². The normalized spacial score (nSPS) is 16.5. The zero-order chi connectivity index (χ0) is 22.1. The predicted molar refractivity (Wildman–Crippen MR) is 120 cm³/mol. The molecule has 4 rings (SSSR count). The van der Waals surface area contributed by atoms with E-state index in [2.05, 4.69) is 6.92 Å². The molecule has 3 heterocycles. The van der Waals surface area contributed by atoms with Crippen molar-refractivity contribution in [2.45, 2.75) is 39.2 Å². The molecule has 1 aliphatic rings. The minimum atomic E-state index is -0.619. The van der Waals surface area contributed by atoms with Gasteiger partial charge in [-0.15, -0.1) is 11.3 Å². The number of aliphatic hydroxyl groups excluding tert-OH is 1. The molecule has 1 atom stereocenters. The fourth-order valence-electron chi connectivity index (χ4n) is 4.03. The zero-order valence-corrected chi connectivity index (χ0v) is 18.6. The number of ketones is 1. The molecule has 1 aromatic carbocycles. The van der Waals surface area contributed by atoms with E-state index in [0.29, 0.717) is 17.9 Å². The van der Waals surface area contributed by atoms with Crippen LogP contribution in [0.1, 0.15) is 53.2 Å². The molecule has 0 bridgehead atoms. The van der Waals surface area contributed by atoms with Crippen LogP contribution in [0.4, 0.5) is 0 Å². The number of para-hydroxylation sites is 1. The first-order valence-electron chi connectivity index (χ1n) is 10.4. The lowest BCUT2D eigenvalue weighted by molar-refractivity contribution is -0.129. The molecule has 2 aromatic heterocycles. The summed E-state index contributed by atoms with van der Waals surface area (Å²) < 4.78 is 11.2. The number of fused-ring (bicyclic) bond motifs is 1. The van der Waals surface area contributed by atoms with E-state index < -0.39 is 23.5 Å². The van der Waals surface area contributed by atoms with Crippen LogP contribution < -0.4 is 4.74 Å². The number of rotatable bonds is 8. The van der Waals surface area contributed by atoms with Gasteiger partial charge in [0.1, 0.15) is 0 Å². The average Bonchev–Trinajstić information content (AvgIpc) is 3.45. The Morgan fingerprint density at radius 3 is 2.77 bits per heavy atom. The van der Waals surface area contributed by atoms with Crippen molar-refractivity contribution in [2.24, 2.45) is 0 Å². The maximum atomic E-state index is 13.5. The van der Waals surface area contributed by atoms with Crippen LogP contribution in [-0.4, -0.2) is 35.4 Å². The summed E-state index contributed by atoms with van der Waals surface area (Å²) in [5.74, 6) is -0.898. The molecule has 162 valence electrons. The van der Waals surface area contributed by atoms with Gasteiger partial charge in [-0.2, -0.15) is 0 Å². The molecule has 31 heavy (non-hydrogen) atoms. The van der Waals surface area contributed by atoms with Gasteiger partial charge in [0.2, 0.25) is 5.78 Å². The minimum Gasteiger partial charge on any atom is -0.503 e. The molecule has 0 spiro atoms. The van der Waals surface area contributed by atoms with Gasteiger partial charge in [-0.25, -0.2) is 0 Å². The summed E-state index contributed by atoms with van der Waals surface area (Å²) in [7, 11) is 1.53. The largest absolute Gasteiger partial charge is 0.503 e. The lowest BCUT2D eigenvalue weighted by Crippen LogP contribution is -2.32. The first kappa shape index (κ1) is 21.2. The highest BCUT2D eigenvalue weighted by molar-refractivity contribution is 7.10. The van der Waals surface area contributed by atoms with Crippen molar-refractivity contribution in [1.29, 1.82) is 0 Å². The number of amides is 1. The molecule has 0 aliphatic carbocycles. The third-order valence-electron chi connectivity index (χ3n) is 5.65. The van der Waals surface area contributed by atoms with Crippen LogP contribution >= 0.6 is 11.3 Å². The number of thiophene rings is 1. The maximum Gasteiger partial charge on any atom is 0.290 e. The molecule has 0 saturated heterocycles. The maximum absolute atomic E-state index is 13.5. The molecule has 1 aliphatic heterocycles. The number of hydrogen-bond donors (Lipinski definition) is 1. The van der Waals surface area contributed by atoms with Crippen LogP contribution in [0.2, 0.25) is 0 Å². The third kappa shape index (κ3) is 3.63. The smallest absolute Gasteiger partial charge is 0.290 e. The Kier molecular flexibility index (Phi) is 5.87. The monoisotopic (exact) mass is 439 g/mol. The van der Waals surface area contributed by atoms with Crippen LogP contribution in [0.5, 0.6) is 5.75 Å². The number of methoxy groups -OCH3 is 1. The average molecular weight is 440 g/mol. The Labute approximate surface area is 184 Å². The van der Waals surface area contributed by atoms with Gasteiger partial charge >= 0.3 is 0 Å². The summed E-state index contributed by atoms with van der Waals surface area (Å²) in [6.45, 7) is 4.51. The molecule has 1 N–H and O–H groups in total. The third-order valence-corrected chi connectivity index (χ3v) is 6.72. The van der Waals surface area contributed by atoms with Gasteiger partial charge < -0.3 is 19.2 Å². The second kappa shape index (κ2) is 8.59. The van der Waals surface area contributed by atoms with E-state index in [1.54, 1.807) is 17.0 Å². The van der Waals surface area contributed by atoms with Gasteiger partial charge in [-0.3, -0.25) is 9.59 Å². The predicted octanol–water partition coefficient (Wildman–Crippen LogP) is 5.58. The molecule has 1 unspecified atom stereocenters. The van der Waals surface area contributed by atoms with Gasteiger partial charge in [0.25, 0.3) is 5.91 Å². The number of unbranched alkanes of at least 4 members (excludes halogenated alkanes) is 2. The van der Waals surface area contributed by atoms with E-state index >= 15 is 0 Å². The number of carbonyl (C=O) groups excluding carboxylic acids is 2. The molecule has 0 fully saturated rings. The summed E-state index contributed by atoms with van der Waals surface area (Å²) in [6, 6.07) is 8.36. The van der Waals surface area contributed by atoms with Crippen molar-refractivity contribution in [3.8, 4) is 5.75 Å². The molecule has 7 heteroatoms. The van der Waals surface area contributed by atoms with E-state index in [-0.39, 0.29) is 11.3 Å². The fourth-order valence-corrected chi connectivity index (χ4v) is 5.07. The Bertz CT molecular complexity index is 1170. The van der Waals surface area contributed by atoms with Crippen molar-refractivity contribution in [3.63, 3.8) is 0 Å². The van der Waals surface area contributed by atoms with Gasteiger partial charge in [0.05, 0.1) is 18.7 Å². The van der Waals surface area contributed by atoms with E-state index in [9.17, 15) is 14.7 Å². The van der Waals surface area contributed by atoms with Gasteiger partial charge in [0, 0.05) is 16.8 Å². The minimum absolute atomic E-state index is 0.0727. The molecular formula is C24H25NO5S. The summed E-state index contributed by atoms with van der Waals surface area (Å²) in [6.07, 6.45) is 2.78. The number of ether oxygens (including phenoxy) is 1. The lowest BCUT2D eigenvalue weighted by Gasteiger charge is -2.26. The Balaban J connectivity index is 1.78. The number of nitrogens with zero attached hydrogens (tertiary/aromatic N) is 1. The van der Waals surface area contributed by atoms with E-state index in [1.807, 2.05) is 30.5 Å². The fraction of sp³-hybridized carbons (Fsp3) is 0.333. The van der Waals surface area contributed by atoms with Crippen molar-refractivity contribution >= 4 is 34.0 Å². The second-order valence-corrected chi connectivity index (χ2v) is 8.60. The van der Waals surface area contributed by atoms with Crippen molar-refractivity contribution in [3.05, 3.63) is 63.2 Å². The summed E-state index contributed by atoms with van der Waals surface area (Å²) >= 11 is 1.48. The van der Waals surface area contributed by atoms with Crippen LogP contribution in [0.3, 0.4) is 0 Å². The first-order chi connectivity index (χ1) is 15.0. The summed E-state index contributed by atoms with van der Waals surface area (Å²) in [4.78, 5) is 29.0. The number of hydrogen-bond acceptors (Lipinski definition) is 6. The van der Waals surface area contributed by atoms with Crippen molar-refractivity contribution in [1.82, 2.24) is 4.90 Å². The topological polar surface area (TPSA) is 80.0 Å². The Morgan fingerprint density at radius 1 is 1.29 bits per heavy atom. The van der Waals surface area contributed by atoms with Gasteiger partial charge in [-0.05, 0) is 42.5 Å². The van der Waals surface area contributed by atoms with E-state index in [0.717, 1.165) is 35.1 Å². The van der Waals surface area contributed by atoms with Crippen molar-refractivity contribution in [2.75, 3.05) is 13.7 Å². The molecular weight excluding hydrogens is 414 g/mol. The summed E-state index contributed by atoms with van der Waals surface area (Å²) in [5, 5.41) is 13.4. The second-order valence-electron chi connectivity index (χ2n) is 7.66. The molecule has 0 radical (unpaired) electrons. The highest BCUT2D eigenvalue weighted by Crippen LogP contribution is 2.43. The van der Waals surface area contributed by atoms with E-state index in [4.69, 9.17) is 9.15 Å². The number of Topliss-reactive ketones (excluding diaryl/α,β-unsaturated/α-hetero) is 1.